The number of carbonyl (C=O) groups is 1. The minimum atomic E-state index is -0.471. The molecule has 126 valence electrons. The van der Waals surface area contributed by atoms with Crippen LogP contribution in [0, 0.1) is 5.82 Å². The summed E-state index contributed by atoms with van der Waals surface area (Å²) in [6.07, 6.45) is 1.36. The van der Waals surface area contributed by atoms with E-state index in [4.69, 9.17) is 16.3 Å². The number of nitrogens with zero attached hydrogens (tertiary/aromatic N) is 2. The molecule has 1 aliphatic rings. The van der Waals surface area contributed by atoms with Crippen molar-refractivity contribution < 1.29 is 13.9 Å². The number of urea groups is 1. The summed E-state index contributed by atoms with van der Waals surface area (Å²) in [7, 11) is 0. The van der Waals surface area contributed by atoms with Crippen LogP contribution in [0.1, 0.15) is 17.4 Å². The molecule has 7 heteroatoms. The normalized spacial score (nSPS) is 17.6. The van der Waals surface area contributed by atoms with Gasteiger partial charge in [-0.15, -0.1) is 0 Å². The van der Waals surface area contributed by atoms with E-state index in [1.165, 1.54) is 12.1 Å². The molecule has 1 atom stereocenters. The van der Waals surface area contributed by atoms with Crippen molar-refractivity contribution in [3.05, 3.63) is 64.7 Å². The number of nitrogens with one attached hydrogen (secondary N) is 1. The fourth-order valence-electron chi connectivity index (χ4n) is 2.53. The van der Waals surface area contributed by atoms with E-state index >= 15 is 0 Å². The summed E-state index contributed by atoms with van der Waals surface area (Å²) >= 11 is 5.82. The number of carbonyl (C=O) groups excluding carboxylic acids is 1. The number of ether oxygens (including phenoxy) is 1. The van der Waals surface area contributed by atoms with Crippen LogP contribution in [0.25, 0.3) is 0 Å². The number of amides is 2. The molecule has 0 bridgehead atoms. The van der Waals surface area contributed by atoms with Crippen molar-refractivity contribution >= 4 is 17.6 Å². The zero-order valence-corrected chi connectivity index (χ0v) is 13.7. The highest BCUT2D eigenvalue weighted by Gasteiger charge is 2.25. The maximum absolute atomic E-state index is 13.3. The molecule has 0 aliphatic carbocycles. The van der Waals surface area contributed by atoms with Crippen LogP contribution in [0.4, 0.5) is 9.18 Å². The average Bonchev–Trinajstić information content (AvgIpc) is 2.63. The molecule has 1 N–H and O–H groups in total. The van der Waals surface area contributed by atoms with Gasteiger partial charge >= 0.3 is 6.03 Å². The second-order valence-corrected chi connectivity index (χ2v) is 5.87. The maximum atomic E-state index is 13.3. The van der Waals surface area contributed by atoms with E-state index in [1.807, 2.05) is 18.2 Å². The maximum Gasteiger partial charge on any atom is 0.317 e. The monoisotopic (exact) mass is 349 g/mol. The molecule has 1 aromatic carbocycles. The second kappa shape index (κ2) is 7.59. The molecule has 2 aromatic rings. The zero-order chi connectivity index (χ0) is 16.9. The van der Waals surface area contributed by atoms with Crippen molar-refractivity contribution in [1.82, 2.24) is 15.2 Å². The van der Waals surface area contributed by atoms with Gasteiger partial charge < -0.3 is 15.0 Å². The van der Waals surface area contributed by atoms with Crippen LogP contribution >= 0.6 is 11.6 Å². The van der Waals surface area contributed by atoms with Gasteiger partial charge in [-0.05, 0) is 29.8 Å². The number of aromatic nitrogens is 1. The van der Waals surface area contributed by atoms with Crippen molar-refractivity contribution in [1.29, 1.82) is 0 Å². The molecular formula is C17H17ClFN3O2. The Morgan fingerprint density at radius 1 is 1.42 bits per heavy atom. The molecule has 0 spiro atoms. The van der Waals surface area contributed by atoms with Crippen molar-refractivity contribution in [3.63, 3.8) is 0 Å². The highest BCUT2D eigenvalue weighted by atomic mass is 35.5. The van der Waals surface area contributed by atoms with E-state index in [0.29, 0.717) is 26.2 Å². The molecule has 0 unspecified atom stereocenters. The van der Waals surface area contributed by atoms with Gasteiger partial charge in [-0.3, -0.25) is 4.98 Å². The van der Waals surface area contributed by atoms with E-state index < -0.39 is 5.82 Å². The van der Waals surface area contributed by atoms with Crippen molar-refractivity contribution in [3.8, 4) is 0 Å². The highest BCUT2D eigenvalue weighted by molar-refractivity contribution is 6.30. The summed E-state index contributed by atoms with van der Waals surface area (Å²) in [4.78, 5) is 18.2. The predicted octanol–water partition coefficient (Wildman–Crippen LogP) is 3.16. The van der Waals surface area contributed by atoms with Gasteiger partial charge in [0.05, 0.1) is 30.4 Å². The Balaban J connectivity index is 1.60. The molecule has 24 heavy (non-hydrogen) atoms. The molecule has 1 fully saturated rings. The van der Waals surface area contributed by atoms with Gasteiger partial charge in [-0.2, -0.15) is 0 Å². The first kappa shape index (κ1) is 16.7. The Hall–Kier alpha value is -2.18. The van der Waals surface area contributed by atoms with Crippen LogP contribution in [0.15, 0.2) is 42.6 Å². The summed E-state index contributed by atoms with van der Waals surface area (Å²) in [6, 6.07) is 9.84. The van der Waals surface area contributed by atoms with Gasteiger partial charge in [-0.1, -0.05) is 23.7 Å². The number of rotatable bonds is 3. The molecule has 1 aromatic heterocycles. The molecular weight excluding hydrogens is 333 g/mol. The Labute approximate surface area is 144 Å². The molecule has 2 heterocycles. The van der Waals surface area contributed by atoms with Gasteiger partial charge in [0.2, 0.25) is 0 Å². The summed E-state index contributed by atoms with van der Waals surface area (Å²) < 4.78 is 19.0. The van der Waals surface area contributed by atoms with Crippen LogP contribution in [-0.4, -0.2) is 35.6 Å². The smallest absolute Gasteiger partial charge is 0.317 e. The molecule has 0 saturated carbocycles. The van der Waals surface area contributed by atoms with Gasteiger partial charge in [0, 0.05) is 12.7 Å². The zero-order valence-electron chi connectivity index (χ0n) is 12.9. The molecule has 1 saturated heterocycles. The number of benzene rings is 1. The fourth-order valence-corrected chi connectivity index (χ4v) is 2.72. The van der Waals surface area contributed by atoms with E-state index in [2.05, 4.69) is 10.3 Å². The third kappa shape index (κ3) is 4.01. The molecule has 1 aliphatic heterocycles. The first-order valence-electron chi connectivity index (χ1n) is 7.63. The van der Waals surface area contributed by atoms with Gasteiger partial charge in [0.25, 0.3) is 0 Å². The Morgan fingerprint density at radius 2 is 2.29 bits per heavy atom. The van der Waals surface area contributed by atoms with Gasteiger partial charge in [0.15, 0.2) is 0 Å². The summed E-state index contributed by atoms with van der Waals surface area (Å²) in [5.41, 5.74) is 1.55. The standard InChI is InChI=1S/C17H17ClFN3O2/c18-14-9-12(4-5-15(14)19)16-11-22(7-8-24-16)17(23)21-10-13-3-1-2-6-20-13/h1-6,9,16H,7-8,10-11H2,(H,21,23)/t16-/m1/s1. The lowest BCUT2D eigenvalue weighted by Crippen LogP contribution is -2.47. The van der Waals surface area contributed by atoms with Gasteiger partial charge in [0.1, 0.15) is 11.9 Å². The Bertz CT molecular complexity index is 714. The number of hydrogen-bond acceptors (Lipinski definition) is 3. The van der Waals surface area contributed by atoms with Crippen molar-refractivity contribution in [2.75, 3.05) is 19.7 Å². The summed E-state index contributed by atoms with van der Waals surface area (Å²) in [5.74, 6) is -0.471. The number of pyridine rings is 1. The topological polar surface area (TPSA) is 54.5 Å². The highest BCUT2D eigenvalue weighted by Crippen LogP contribution is 2.26. The first-order valence-corrected chi connectivity index (χ1v) is 8.00. The van der Waals surface area contributed by atoms with Crippen LogP contribution in [0.2, 0.25) is 5.02 Å². The quantitative estimate of drug-likeness (QED) is 0.926. The summed E-state index contributed by atoms with van der Waals surface area (Å²) in [5, 5.41) is 2.89. The fraction of sp³-hybridized carbons (Fsp3) is 0.294. The lowest BCUT2D eigenvalue weighted by atomic mass is 10.1. The lowest BCUT2D eigenvalue weighted by molar-refractivity contribution is -0.0155. The third-order valence-corrected chi connectivity index (χ3v) is 4.11. The molecule has 2 amide bonds. The molecule has 0 radical (unpaired) electrons. The molecule has 5 nitrogen and oxygen atoms in total. The van der Waals surface area contributed by atoms with E-state index in [1.54, 1.807) is 17.2 Å². The Morgan fingerprint density at radius 3 is 3.04 bits per heavy atom. The number of halogens is 2. The molecule has 3 rings (SSSR count). The largest absolute Gasteiger partial charge is 0.370 e. The van der Waals surface area contributed by atoms with E-state index in [9.17, 15) is 9.18 Å². The van der Waals surface area contributed by atoms with Crippen molar-refractivity contribution in [2.24, 2.45) is 0 Å². The average molecular weight is 350 g/mol. The minimum absolute atomic E-state index is 0.0489. The predicted molar refractivity (Wildman–Crippen MR) is 88.1 cm³/mol. The van der Waals surface area contributed by atoms with E-state index in [-0.39, 0.29) is 17.2 Å². The van der Waals surface area contributed by atoms with Gasteiger partial charge in [-0.25, -0.2) is 9.18 Å². The third-order valence-electron chi connectivity index (χ3n) is 3.82. The van der Waals surface area contributed by atoms with Crippen LogP contribution in [0.5, 0.6) is 0 Å². The van der Waals surface area contributed by atoms with Crippen molar-refractivity contribution in [2.45, 2.75) is 12.6 Å². The number of morpholine rings is 1. The van der Waals surface area contributed by atoms with Crippen LogP contribution < -0.4 is 5.32 Å². The summed E-state index contributed by atoms with van der Waals surface area (Å²) in [6.45, 7) is 1.66. The Kier molecular flexibility index (Phi) is 5.27. The van der Waals surface area contributed by atoms with E-state index in [0.717, 1.165) is 11.3 Å². The SMILES string of the molecule is O=C(NCc1ccccn1)N1CCO[C@@H](c2ccc(F)c(Cl)c2)C1. The van der Waals surface area contributed by atoms with Crippen LogP contribution in [0.3, 0.4) is 0 Å². The number of hydrogen-bond donors (Lipinski definition) is 1. The second-order valence-electron chi connectivity index (χ2n) is 5.46. The minimum Gasteiger partial charge on any atom is -0.370 e. The lowest BCUT2D eigenvalue weighted by Gasteiger charge is -2.33. The first-order chi connectivity index (χ1) is 11.6. The van der Waals surface area contributed by atoms with Crippen LogP contribution in [-0.2, 0) is 11.3 Å².